The lowest BCUT2D eigenvalue weighted by Crippen LogP contribution is -2.09. The first-order valence-electron chi connectivity index (χ1n) is 17.6. The average Bonchev–Trinajstić information content (AvgIpc) is 3.70. The highest BCUT2D eigenvalue weighted by Gasteiger charge is 2.34. The number of allylic oxidation sites excluding steroid dienone is 7. The third-order valence-electron chi connectivity index (χ3n) is 10.4. The van der Waals surface area contributed by atoms with Gasteiger partial charge in [0.25, 0.3) is 0 Å². The van der Waals surface area contributed by atoms with Gasteiger partial charge < -0.3 is 5.32 Å². The molecule has 3 heteroatoms. The Morgan fingerprint density at radius 3 is 2.38 bits per heavy atom. The monoisotopic (exact) mass is 661 g/mol. The number of aryl methyl sites for hydroxylation is 3. The highest BCUT2D eigenvalue weighted by Crippen LogP contribution is 2.52. The third kappa shape index (κ3) is 5.51. The molecule has 0 fully saturated rings. The van der Waals surface area contributed by atoms with Crippen molar-refractivity contribution in [1.29, 1.82) is 0 Å². The molecular weight excluding hydrogens is 619 g/mol. The number of rotatable bonds is 6. The standard InChI is InChI=1S/C45H43NS2/c1-6-28-11-18-42-37(20-28)39-24-30(8-3)22-35(44(39)47-42)32-13-10-27(5)46-41-17-16-33(26-34(41)15-14-32)36-23-31(9-4)25-40-38-21-29(7-2)12-19-43(38)48-45(36)40/h10-14,16-26,37,42,46H,5-9,15H2,1-4H3/b13-10-,32-14+. The van der Waals surface area contributed by atoms with Gasteiger partial charge in [-0.25, -0.2) is 0 Å². The fourth-order valence-electron chi connectivity index (χ4n) is 7.55. The molecule has 48 heavy (non-hydrogen) atoms. The molecule has 2 unspecified atom stereocenters. The summed E-state index contributed by atoms with van der Waals surface area (Å²) >= 11 is 3.97. The van der Waals surface area contributed by atoms with Crippen LogP contribution in [0.15, 0.2) is 120 Å². The minimum Gasteiger partial charge on any atom is -0.356 e. The van der Waals surface area contributed by atoms with Crippen LogP contribution in [0.4, 0.5) is 5.69 Å². The Morgan fingerprint density at radius 1 is 0.771 bits per heavy atom. The topological polar surface area (TPSA) is 12.0 Å². The second-order valence-electron chi connectivity index (χ2n) is 13.4. The molecule has 0 spiro atoms. The van der Waals surface area contributed by atoms with Crippen molar-refractivity contribution in [1.82, 2.24) is 0 Å². The number of fused-ring (bicyclic) bond motifs is 7. The number of anilines is 1. The third-order valence-corrected chi connectivity index (χ3v) is 13.0. The Labute approximate surface area is 293 Å². The van der Waals surface area contributed by atoms with Crippen LogP contribution in [0.5, 0.6) is 0 Å². The van der Waals surface area contributed by atoms with Gasteiger partial charge >= 0.3 is 0 Å². The van der Waals surface area contributed by atoms with Gasteiger partial charge in [-0.2, -0.15) is 0 Å². The lowest BCUT2D eigenvalue weighted by molar-refractivity contribution is 0.854. The Hall–Kier alpha value is -4.05. The number of nitrogens with one attached hydrogen (secondary N) is 1. The second-order valence-corrected chi connectivity index (χ2v) is 15.6. The van der Waals surface area contributed by atoms with Crippen molar-refractivity contribution < 1.29 is 0 Å². The molecule has 2 atom stereocenters. The maximum atomic E-state index is 4.40. The molecule has 3 aliphatic rings. The van der Waals surface area contributed by atoms with Crippen molar-refractivity contribution >= 4 is 54.5 Å². The molecule has 0 saturated carbocycles. The summed E-state index contributed by atoms with van der Waals surface area (Å²) in [6, 6.07) is 23.8. The Bertz CT molecular complexity index is 2240. The molecule has 8 rings (SSSR count). The van der Waals surface area contributed by atoms with E-state index in [0.717, 1.165) is 43.5 Å². The molecule has 1 nitrogen and oxygen atoms in total. The lowest BCUT2D eigenvalue weighted by Gasteiger charge is -2.18. The first-order valence-corrected chi connectivity index (χ1v) is 19.3. The molecule has 240 valence electrons. The fraction of sp³-hybridized carbons (Fsp3) is 0.244. The van der Waals surface area contributed by atoms with Crippen LogP contribution >= 0.6 is 23.1 Å². The number of hydrogen-bond acceptors (Lipinski definition) is 3. The molecule has 5 aromatic rings. The Balaban J connectivity index is 1.23. The first-order chi connectivity index (χ1) is 23.5. The van der Waals surface area contributed by atoms with Gasteiger partial charge in [0, 0.05) is 47.6 Å². The van der Waals surface area contributed by atoms with E-state index in [1.165, 1.54) is 80.7 Å². The SMILES string of the molecule is C=C1/C=C\C(c2cc(CC)cc3c2SC2C=CC(CC)=CC32)=C/Cc2cc(-c3cc(CC)cc4c3sc3ccc(CC)cc34)ccc2N1. The van der Waals surface area contributed by atoms with Crippen molar-refractivity contribution in [3.8, 4) is 11.1 Å². The largest absolute Gasteiger partial charge is 0.356 e. The maximum absolute atomic E-state index is 4.40. The average molecular weight is 662 g/mol. The number of thiophene rings is 1. The molecular formula is C45H43NS2. The van der Waals surface area contributed by atoms with Crippen LogP contribution in [0.2, 0.25) is 0 Å². The van der Waals surface area contributed by atoms with E-state index in [1.807, 2.05) is 23.1 Å². The van der Waals surface area contributed by atoms with Crippen LogP contribution in [-0.2, 0) is 25.7 Å². The van der Waals surface area contributed by atoms with E-state index in [-0.39, 0.29) is 0 Å². The van der Waals surface area contributed by atoms with E-state index in [9.17, 15) is 0 Å². The summed E-state index contributed by atoms with van der Waals surface area (Å²) in [4.78, 5) is 1.44. The summed E-state index contributed by atoms with van der Waals surface area (Å²) in [6.07, 6.45) is 19.2. The molecule has 0 bridgehead atoms. The van der Waals surface area contributed by atoms with Crippen LogP contribution in [0.25, 0.3) is 36.9 Å². The zero-order valence-corrected chi connectivity index (χ0v) is 30.1. The molecule has 1 aliphatic carbocycles. The Morgan fingerprint density at radius 2 is 1.56 bits per heavy atom. The van der Waals surface area contributed by atoms with Gasteiger partial charge in [0.2, 0.25) is 0 Å². The maximum Gasteiger partial charge on any atom is 0.0434 e. The fourth-order valence-corrected chi connectivity index (χ4v) is 10.2. The molecule has 1 aromatic heterocycles. The van der Waals surface area contributed by atoms with Gasteiger partial charge in [0.05, 0.1) is 0 Å². The van der Waals surface area contributed by atoms with E-state index in [4.69, 9.17) is 0 Å². The normalized spacial score (nSPS) is 20.2. The van der Waals surface area contributed by atoms with Crippen molar-refractivity contribution in [2.45, 2.75) is 75.9 Å². The summed E-state index contributed by atoms with van der Waals surface area (Å²) in [5, 5.41) is 6.89. The summed E-state index contributed by atoms with van der Waals surface area (Å²) < 4.78 is 2.75. The van der Waals surface area contributed by atoms with Crippen molar-refractivity contribution in [3.05, 3.63) is 148 Å². The predicted octanol–water partition coefficient (Wildman–Crippen LogP) is 13.0. The summed E-state index contributed by atoms with van der Waals surface area (Å²) in [7, 11) is 0. The van der Waals surface area contributed by atoms with Crippen LogP contribution in [-0.4, -0.2) is 5.25 Å². The van der Waals surface area contributed by atoms with E-state index in [0.29, 0.717) is 11.2 Å². The molecule has 4 aromatic carbocycles. The van der Waals surface area contributed by atoms with Crippen LogP contribution < -0.4 is 5.32 Å². The van der Waals surface area contributed by atoms with E-state index in [2.05, 4.69) is 137 Å². The Kier molecular flexibility index (Phi) is 8.31. The van der Waals surface area contributed by atoms with Crippen molar-refractivity contribution in [2.24, 2.45) is 0 Å². The molecule has 0 amide bonds. The van der Waals surface area contributed by atoms with Gasteiger partial charge in [-0.15, -0.1) is 23.1 Å². The van der Waals surface area contributed by atoms with E-state index in [1.54, 1.807) is 0 Å². The zero-order valence-electron chi connectivity index (χ0n) is 28.5. The second kappa shape index (κ2) is 12.8. The molecule has 0 saturated heterocycles. The lowest BCUT2D eigenvalue weighted by atomic mass is 9.86. The predicted molar refractivity (Wildman–Crippen MR) is 213 cm³/mol. The number of benzene rings is 4. The molecule has 3 heterocycles. The van der Waals surface area contributed by atoms with Gasteiger partial charge in [0.15, 0.2) is 0 Å². The summed E-state index contributed by atoms with van der Waals surface area (Å²) in [5.41, 5.74) is 15.7. The van der Waals surface area contributed by atoms with E-state index < -0.39 is 0 Å². The molecule has 2 aliphatic heterocycles. The van der Waals surface area contributed by atoms with Crippen molar-refractivity contribution in [2.75, 3.05) is 5.32 Å². The summed E-state index contributed by atoms with van der Waals surface area (Å²) in [6.45, 7) is 13.5. The smallest absolute Gasteiger partial charge is 0.0434 e. The summed E-state index contributed by atoms with van der Waals surface area (Å²) in [5.74, 6) is 0.453. The van der Waals surface area contributed by atoms with Crippen LogP contribution in [0.3, 0.4) is 0 Å². The van der Waals surface area contributed by atoms with Gasteiger partial charge in [-0.3, -0.25) is 0 Å². The minimum atomic E-state index is 0.453. The van der Waals surface area contributed by atoms with Crippen LogP contribution in [0, 0.1) is 0 Å². The highest BCUT2D eigenvalue weighted by atomic mass is 32.2. The first kappa shape index (κ1) is 31.2. The van der Waals surface area contributed by atoms with Crippen LogP contribution in [0.1, 0.15) is 73.4 Å². The van der Waals surface area contributed by atoms with Gasteiger partial charge in [-0.1, -0.05) is 94.5 Å². The van der Waals surface area contributed by atoms with Crippen molar-refractivity contribution in [3.63, 3.8) is 0 Å². The van der Waals surface area contributed by atoms with Gasteiger partial charge in [-0.05, 0) is 125 Å². The number of thioether (sulfide) groups is 1. The number of hydrogen-bond donors (Lipinski definition) is 1. The van der Waals surface area contributed by atoms with Gasteiger partial charge in [0.1, 0.15) is 0 Å². The highest BCUT2D eigenvalue weighted by molar-refractivity contribution is 8.00. The minimum absolute atomic E-state index is 0.453. The molecule has 1 N–H and O–H groups in total. The zero-order chi connectivity index (χ0) is 32.9. The quantitative estimate of drug-likeness (QED) is 0.194. The van der Waals surface area contributed by atoms with E-state index >= 15 is 0 Å². The molecule has 0 radical (unpaired) electrons.